The second-order valence-electron chi connectivity index (χ2n) is 8.26. The van der Waals surface area contributed by atoms with E-state index in [-0.39, 0.29) is 23.9 Å². The zero-order chi connectivity index (χ0) is 23.4. The van der Waals surface area contributed by atoms with Crippen LogP contribution in [0.1, 0.15) is 12.0 Å². The number of halogens is 1. The molecule has 33 heavy (non-hydrogen) atoms. The van der Waals surface area contributed by atoms with Gasteiger partial charge in [-0.15, -0.1) is 0 Å². The summed E-state index contributed by atoms with van der Waals surface area (Å²) >= 11 is 6.25. The van der Waals surface area contributed by atoms with Crippen LogP contribution in [-0.2, 0) is 25.0 Å². The molecule has 0 saturated carbocycles. The van der Waals surface area contributed by atoms with E-state index in [0.29, 0.717) is 29.2 Å². The van der Waals surface area contributed by atoms with Crippen LogP contribution in [0.15, 0.2) is 59.8 Å². The Bertz CT molecular complexity index is 1410. The Kier molecular flexibility index (Phi) is 5.15. The summed E-state index contributed by atoms with van der Waals surface area (Å²) in [5.41, 5.74) is -0.107. The standard InChI is InChI=1S/C23H21ClN4O4S/c1-25-21(29)13-27-14-23(18-10-16(24)6-7-20(18)33(27,31)32)8-9-28(22(23)30)19-12-26-11-15-4-2-3-5-17(15)19/h2-7,10-12H,8-9,13-14H2,1H3,(H,25,29). The molecular weight excluding hydrogens is 464 g/mol. The van der Waals surface area contributed by atoms with E-state index in [4.69, 9.17) is 11.6 Å². The van der Waals surface area contributed by atoms with Crippen molar-refractivity contribution in [3.05, 3.63) is 65.4 Å². The second kappa shape index (κ2) is 7.79. The molecule has 1 aromatic heterocycles. The molecule has 1 fully saturated rings. The number of nitrogens with one attached hydrogen (secondary N) is 1. The van der Waals surface area contributed by atoms with E-state index < -0.39 is 21.3 Å². The number of benzene rings is 2. The topological polar surface area (TPSA) is 99.7 Å². The summed E-state index contributed by atoms with van der Waals surface area (Å²) in [7, 11) is -2.53. The van der Waals surface area contributed by atoms with Crippen molar-refractivity contribution in [3.8, 4) is 0 Å². The third-order valence-electron chi connectivity index (χ3n) is 6.47. The van der Waals surface area contributed by atoms with Gasteiger partial charge >= 0.3 is 0 Å². The highest BCUT2D eigenvalue weighted by molar-refractivity contribution is 7.89. The Morgan fingerprint density at radius 2 is 2.00 bits per heavy atom. The van der Waals surface area contributed by atoms with E-state index >= 15 is 0 Å². The molecule has 170 valence electrons. The lowest BCUT2D eigenvalue weighted by Crippen LogP contribution is -2.55. The number of carbonyl (C=O) groups is 2. The smallest absolute Gasteiger partial charge is 0.243 e. The van der Waals surface area contributed by atoms with Crippen LogP contribution in [0.3, 0.4) is 0 Å². The molecule has 1 unspecified atom stereocenters. The number of sulfonamides is 1. The predicted octanol–water partition coefficient (Wildman–Crippen LogP) is 2.31. The molecule has 1 N–H and O–H groups in total. The van der Waals surface area contributed by atoms with Gasteiger partial charge in [0.05, 0.1) is 28.7 Å². The van der Waals surface area contributed by atoms with Crippen molar-refractivity contribution >= 4 is 49.9 Å². The molecular formula is C23H21ClN4O4S. The highest BCUT2D eigenvalue weighted by atomic mass is 35.5. The van der Waals surface area contributed by atoms with Gasteiger partial charge < -0.3 is 10.2 Å². The molecule has 1 saturated heterocycles. The minimum Gasteiger partial charge on any atom is -0.358 e. The zero-order valence-corrected chi connectivity index (χ0v) is 19.4. The monoisotopic (exact) mass is 484 g/mol. The van der Waals surface area contributed by atoms with E-state index in [1.165, 1.54) is 19.2 Å². The Balaban J connectivity index is 1.66. The van der Waals surface area contributed by atoms with Gasteiger partial charge in [0.1, 0.15) is 0 Å². The van der Waals surface area contributed by atoms with E-state index in [9.17, 15) is 18.0 Å². The van der Waals surface area contributed by atoms with Gasteiger partial charge in [-0.05, 0) is 30.2 Å². The van der Waals surface area contributed by atoms with Crippen LogP contribution in [0.5, 0.6) is 0 Å². The number of amides is 2. The van der Waals surface area contributed by atoms with Crippen molar-refractivity contribution in [2.75, 3.05) is 31.6 Å². The number of fused-ring (bicyclic) bond motifs is 3. The van der Waals surface area contributed by atoms with E-state index in [0.717, 1.165) is 15.1 Å². The van der Waals surface area contributed by atoms with Crippen LogP contribution < -0.4 is 10.2 Å². The molecule has 2 aliphatic heterocycles. The van der Waals surface area contributed by atoms with Crippen LogP contribution in [0.2, 0.25) is 5.02 Å². The minimum atomic E-state index is -3.98. The summed E-state index contributed by atoms with van der Waals surface area (Å²) in [6.45, 7) is -0.121. The first-order chi connectivity index (χ1) is 15.8. The van der Waals surface area contributed by atoms with E-state index in [2.05, 4.69) is 10.3 Å². The predicted molar refractivity (Wildman–Crippen MR) is 125 cm³/mol. The molecule has 3 heterocycles. The summed E-state index contributed by atoms with van der Waals surface area (Å²) in [5.74, 6) is -0.687. The molecule has 3 aromatic rings. The SMILES string of the molecule is CNC(=O)CN1CC2(CCN(c3cncc4ccccc34)C2=O)c2cc(Cl)ccc2S1(=O)=O. The van der Waals surface area contributed by atoms with Gasteiger partial charge in [-0.3, -0.25) is 14.6 Å². The quantitative estimate of drug-likeness (QED) is 0.615. The third kappa shape index (κ3) is 3.30. The Hall–Kier alpha value is -3.01. The molecule has 0 radical (unpaired) electrons. The fourth-order valence-electron chi connectivity index (χ4n) is 4.80. The number of hydrogen-bond donors (Lipinski definition) is 1. The number of carbonyl (C=O) groups excluding carboxylic acids is 2. The number of anilines is 1. The number of hydrogen-bond acceptors (Lipinski definition) is 5. The van der Waals surface area contributed by atoms with Crippen molar-refractivity contribution in [2.24, 2.45) is 0 Å². The lowest BCUT2D eigenvalue weighted by molar-refractivity contribution is -0.124. The summed E-state index contributed by atoms with van der Waals surface area (Å²) in [6.07, 6.45) is 3.77. The maximum Gasteiger partial charge on any atom is 0.243 e. The summed E-state index contributed by atoms with van der Waals surface area (Å²) in [4.78, 5) is 32.1. The molecule has 0 bridgehead atoms. The fourth-order valence-corrected chi connectivity index (χ4v) is 6.70. The minimum absolute atomic E-state index is 0.00768. The number of nitrogens with zero attached hydrogens (tertiary/aromatic N) is 3. The first kappa shape index (κ1) is 21.8. The summed E-state index contributed by atoms with van der Waals surface area (Å²) in [5, 5.41) is 4.59. The number of rotatable bonds is 3. The largest absolute Gasteiger partial charge is 0.358 e. The second-order valence-corrected chi connectivity index (χ2v) is 10.6. The van der Waals surface area contributed by atoms with Crippen molar-refractivity contribution in [1.82, 2.24) is 14.6 Å². The Labute approximate surface area is 196 Å². The van der Waals surface area contributed by atoms with Gasteiger partial charge in [0.15, 0.2) is 0 Å². The first-order valence-corrected chi connectivity index (χ1v) is 12.3. The van der Waals surface area contributed by atoms with Gasteiger partial charge in [-0.2, -0.15) is 4.31 Å². The van der Waals surface area contributed by atoms with Crippen molar-refractivity contribution in [3.63, 3.8) is 0 Å². The molecule has 1 spiro atoms. The molecule has 8 nitrogen and oxygen atoms in total. The zero-order valence-electron chi connectivity index (χ0n) is 17.8. The number of pyridine rings is 1. The molecule has 1 atom stereocenters. The van der Waals surface area contributed by atoms with Crippen molar-refractivity contribution in [1.29, 1.82) is 0 Å². The lowest BCUT2D eigenvalue weighted by Gasteiger charge is -2.39. The molecule has 0 aliphatic carbocycles. The molecule has 10 heteroatoms. The normalized spacial score (nSPS) is 22.0. The van der Waals surface area contributed by atoms with E-state index in [1.54, 1.807) is 23.4 Å². The van der Waals surface area contributed by atoms with Gasteiger partial charge in [-0.1, -0.05) is 35.9 Å². The third-order valence-corrected chi connectivity index (χ3v) is 8.56. The van der Waals surface area contributed by atoms with Gasteiger partial charge in [0.2, 0.25) is 21.8 Å². The maximum atomic E-state index is 14.0. The molecule has 2 aromatic carbocycles. The highest BCUT2D eigenvalue weighted by Gasteiger charge is 2.56. The number of likely N-dealkylation sites (N-methyl/N-ethyl adjacent to an activating group) is 1. The number of aromatic nitrogens is 1. The molecule has 5 rings (SSSR count). The summed E-state index contributed by atoms with van der Waals surface area (Å²) < 4.78 is 27.7. The maximum absolute atomic E-state index is 14.0. The average Bonchev–Trinajstić information content (AvgIpc) is 3.13. The van der Waals surface area contributed by atoms with Crippen LogP contribution in [0, 0.1) is 0 Å². The highest BCUT2D eigenvalue weighted by Crippen LogP contribution is 2.47. The van der Waals surface area contributed by atoms with Crippen molar-refractivity contribution < 1.29 is 18.0 Å². The van der Waals surface area contributed by atoms with Crippen LogP contribution in [-0.4, -0.2) is 56.2 Å². The fraction of sp³-hybridized carbons (Fsp3) is 0.261. The van der Waals surface area contributed by atoms with Crippen LogP contribution in [0.25, 0.3) is 10.8 Å². The van der Waals surface area contributed by atoms with Gasteiger partial charge in [0.25, 0.3) is 0 Å². The Morgan fingerprint density at radius 1 is 1.21 bits per heavy atom. The molecule has 2 aliphatic rings. The lowest BCUT2D eigenvalue weighted by atomic mass is 9.78. The Morgan fingerprint density at radius 3 is 2.79 bits per heavy atom. The van der Waals surface area contributed by atoms with Gasteiger partial charge in [0, 0.05) is 42.1 Å². The summed E-state index contributed by atoms with van der Waals surface area (Å²) in [6, 6.07) is 12.1. The van der Waals surface area contributed by atoms with Crippen LogP contribution >= 0.6 is 11.6 Å². The van der Waals surface area contributed by atoms with Crippen molar-refractivity contribution in [2.45, 2.75) is 16.7 Å². The average molecular weight is 485 g/mol. The van der Waals surface area contributed by atoms with Crippen LogP contribution in [0.4, 0.5) is 5.69 Å². The molecule has 2 amide bonds. The van der Waals surface area contributed by atoms with Gasteiger partial charge in [-0.25, -0.2) is 8.42 Å². The first-order valence-electron chi connectivity index (χ1n) is 10.4. The van der Waals surface area contributed by atoms with E-state index in [1.807, 2.05) is 24.3 Å².